The molecule has 1 amide bonds. The molecule has 8 nitrogen and oxygen atoms in total. The fourth-order valence-corrected chi connectivity index (χ4v) is 5.39. The molecule has 0 saturated carbocycles. The molecule has 0 N–H and O–H groups in total. The Bertz CT molecular complexity index is 1030. The van der Waals surface area contributed by atoms with Crippen molar-refractivity contribution in [1.29, 1.82) is 0 Å². The van der Waals surface area contributed by atoms with E-state index in [4.69, 9.17) is 9.47 Å². The normalized spacial score (nSPS) is 14.5. The highest BCUT2D eigenvalue weighted by Crippen LogP contribution is 2.28. The molecule has 0 unspecified atom stereocenters. The van der Waals surface area contributed by atoms with Crippen molar-refractivity contribution in [3.05, 3.63) is 48.0 Å². The van der Waals surface area contributed by atoms with Gasteiger partial charge in [-0.1, -0.05) is 13.0 Å². The van der Waals surface area contributed by atoms with E-state index in [9.17, 15) is 13.2 Å². The molecule has 0 aliphatic carbocycles. The maximum Gasteiger partial charge on any atom is 0.247 e. The third-order valence-corrected chi connectivity index (χ3v) is 7.61. The van der Waals surface area contributed by atoms with Gasteiger partial charge in [-0.15, -0.1) is 0 Å². The molecule has 3 rings (SSSR count). The second-order valence-electron chi connectivity index (χ2n) is 7.65. The van der Waals surface area contributed by atoms with Gasteiger partial charge in [-0.05, 0) is 48.9 Å². The van der Waals surface area contributed by atoms with Crippen LogP contribution in [0.2, 0.25) is 0 Å². The van der Waals surface area contributed by atoms with Gasteiger partial charge in [0.05, 0.1) is 20.8 Å². The molecule has 1 saturated heterocycles. The zero-order valence-electron chi connectivity index (χ0n) is 19.1. The topological polar surface area (TPSA) is 79.4 Å². The van der Waals surface area contributed by atoms with E-state index in [1.807, 2.05) is 31.2 Å². The number of anilines is 1. The van der Waals surface area contributed by atoms with Gasteiger partial charge in [0.1, 0.15) is 16.4 Å². The molecule has 174 valence electrons. The Balaban J connectivity index is 1.66. The van der Waals surface area contributed by atoms with Gasteiger partial charge in [-0.25, -0.2) is 8.42 Å². The van der Waals surface area contributed by atoms with Crippen LogP contribution in [0.25, 0.3) is 0 Å². The lowest BCUT2D eigenvalue weighted by Crippen LogP contribution is -2.51. The highest BCUT2D eigenvalue weighted by Gasteiger charge is 2.31. The second kappa shape index (κ2) is 10.2. The summed E-state index contributed by atoms with van der Waals surface area (Å²) in [5.74, 6) is 0.875. The summed E-state index contributed by atoms with van der Waals surface area (Å²) < 4.78 is 38.2. The average molecular weight is 462 g/mol. The summed E-state index contributed by atoms with van der Waals surface area (Å²) in [6.45, 7) is 5.99. The molecule has 0 aromatic heterocycles. The van der Waals surface area contributed by atoms with Crippen molar-refractivity contribution < 1.29 is 22.7 Å². The lowest BCUT2D eigenvalue weighted by Gasteiger charge is -2.37. The number of hydrogen-bond acceptors (Lipinski definition) is 6. The van der Waals surface area contributed by atoms with Crippen molar-refractivity contribution in [2.75, 3.05) is 58.4 Å². The van der Waals surface area contributed by atoms with Crippen LogP contribution in [0.5, 0.6) is 11.5 Å². The molecule has 2 aromatic carbocycles. The number of ether oxygens (including phenoxy) is 2. The molecule has 32 heavy (non-hydrogen) atoms. The molecule has 0 bridgehead atoms. The highest BCUT2D eigenvalue weighted by atomic mass is 32.2. The largest absolute Gasteiger partial charge is 0.497 e. The van der Waals surface area contributed by atoms with E-state index in [0.29, 0.717) is 26.2 Å². The van der Waals surface area contributed by atoms with Crippen LogP contribution in [0.1, 0.15) is 12.5 Å². The van der Waals surface area contributed by atoms with E-state index in [1.54, 1.807) is 37.1 Å². The van der Waals surface area contributed by atoms with Gasteiger partial charge in [-0.3, -0.25) is 4.79 Å². The van der Waals surface area contributed by atoms with Crippen LogP contribution in [-0.4, -0.2) is 77.0 Å². The first-order valence-electron chi connectivity index (χ1n) is 10.6. The third-order valence-electron chi connectivity index (χ3n) is 5.67. The van der Waals surface area contributed by atoms with Gasteiger partial charge in [0, 0.05) is 38.4 Å². The maximum atomic E-state index is 13.3. The summed E-state index contributed by atoms with van der Waals surface area (Å²) in [5.41, 5.74) is 1.88. The fraction of sp³-hybridized carbons (Fsp3) is 0.435. The van der Waals surface area contributed by atoms with Crippen LogP contribution in [0.4, 0.5) is 5.69 Å². The van der Waals surface area contributed by atoms with Crippen molar-refractivity contribution >= 4 is 21.6 Å². The highest BCUT2D eigenvalue weighted by molar-refractivity contribution is 7.89. The summed E-state index contributed by atoms with van der Waals surface area (Å²) in [5, 5.41) is 0. The number of benzene rings is 2. The lowest BCUT2D eigenvalue weighted by atomic mass is 10.2. The van der Waals surface area contributed by atoms with E-state index >= 15 is 0 Å². The lowest BCUT2D eigenvalue weighted by molar-refractivity contribution is -0.131. The second-order valence-corrected chi connectivity index (χ2v) is 9.56. The summed E-state index contributed by atoms with van der Waals surface area (Å²) >= 11 is 0. The van der Waals surface area contributed by atoms with Crippen molar-refractivity contribution in [1.82, 2.24) is 9.21 Å². The summed E-state index contributed by atoms with van der Waals surface area (Å²) in [4.78, 5) is 17.0. The maximum absolute atomic E-state index is 13.3. The molecule has 0 atom stereocenters. The van der Waals surface area contributed by atoms with Crippen LogP contribution >= 0.6 is 0 Å². The Morgan fingerprint density at radius 3 is 2.22 bits per heavy atom. The zero-order valence-corrected chi connectivity index (χ0v) is 19.9. The van der Waals surface area contributed by atoms with Gasteiger partial charge >= 0.3 is 0 Å². The fourth-order valence-electron chi connectivity index (χ4n) is 3.75. The smallest absolute Gasteiger partial charge is 0.247 e. The zero-order chi connectivity index (χ0) is 23.3. The molecule has 1 fully saturated rings. The molecule has 0 spiro atoms. The first kappa shape index (κ1) is 23.9. The number of hydrogen-bond donors (Lipinski definition) is 0. The van der Waals surface area contributed by atoms with Gasteiger partial charge in [0.2, 0.25) is 15.9 Å². The third kappa shape index (κ3) is 5.16. The van der Waals surface area contributed by atoms with Crippen molar-refractivity contribution in [3.63, 3.8) is 0 Å². The Labute approximate surface area is 190 Å². The van der Waals surface area contributed by atoms with Crippen molar-refractivity contribution in [3.8, 4) is 11.5 Å². The minimum Gasteiger partial charge on any atom is -0.497 e. The van der Waals surface area contributed by atoms with E-state index in [0.717, 1.165) is 17.0 Å². The van der Waals surface area contributed by atoms with Gasteiger partial charge in [0.25, 0.3) is 0 Å². The van der Waals surface area contributed by atoms with Gasteiger partial charge in [0.15, 0.2) is 0 Å². The van der Waals surface area contributed by atoms with Gasteiger partial charge in [-0.2, -0.15) is 4.31 Å². The van der Waals surface area contributed by atoms with E-state index < -0.39 is 10.0 Å². The monoisotopic (exact) mass is 461 g/mol. The first-order chi connectivity index (χ1) is 15.3. The number of rotatable bonds is 8. The predicted molar refractivity (Wildman–Crippen MR) is 124 cm³/mol. The van der Waals surface area contributed by atoms with Crippen LogP contribution in [-0.2, 0) is 14.8 Å². The number of carbonyl (C=O) groups excluding carboxylic acids is 1. The number of likely N-dealkylation sites (N-methyl/N-ethyl adjacent to an activating group) is 1. The standard InChI is InChI=1S/C23H31N3O5S/c1-5-26(32(28,29)22-16-18(2)6-11-21(22)31-4)17-23(27)25-14-12-24(13-15-25)19-7-9-20(30-3)10-8-19/h6-11,16H,5,12-15,17H2,1-4H3. The predicted octanol–water partition coefficient (Wildman–Crippen LogP) is 2.37. The Hall–Kier alpha value is -2.78. The molecule has 9 heteroatoms. The Kier molecular flexibility index (Phi) is 7.63. The number of piperazine rings is 1. The molecular formula is C23H31N3O5S. The summed E-state index contributed by atoms with van der Waals surface area (Å²) in [7, 11) is -0.801. The quantitative estimate of drug-likeness (QED) is 0.601. The first-order valence-corrected chi connectivity index (χ1v) is 12.1. The molecule has 1 heterocycles. The minimum atomic E-state index is -3.87. The van der Waals surface area contributed by atoms with Crippen molar-refractivity contribution in [2.45, 2.75) is 18.7 Å². The SMILES string of the molecule is CCN(CC(=O)N1CCN(c2ccc(OC)cc2)CC1)S(=O)(=O)c1cc(C)ccc1OC. The molecule has 0 radical (unpaired) electrons. The number of methoxy groups -OCH3 is 2. The number of sulfonamides is 1. The molecular weight excluding hydrogens is 430 g/mol. The van der Waals surface area contributed by atoms with E-state index in [1.165, 1.54) is 11.4 Å². The number of aryl methyl sites for hydroxylation is 1. The van der Waals surface area contributed by atoms with Gasteiger partial charge < -0.3 is 19.3 Å². The minimum absolute atomic E-state index is 0.0824. The number of carbonyl (C=O) groups is 1. The van der Waals surface area contributed by atoms with E-state index in [2.05, 4.69) is 4.90 Å². The summed E-state index contributed by atoms with van der Waals surface area (Å²) in [6, 6.07) is 12.8. The molecule has 1 aliphatic heterocycles. The molecule has 1 aliphatic rings. The van der Waals surface area contributed by atoms with Crippen LogP contribution in [0.3, 0.4) is 0 Å². The van der Waals surface area contributed by atoms with Crippen molar-refractivity contribution in [2.24, 2.45) is 0 Å². The van der Waals surface area contributed by atoms with Crippen LogP contribution < -0.4 is 14.4 Å². The summed E-state index contributed by atoms with van der Waals surface area (Å²) in [6.07, 6.45) is 0. The average Bonchev–Trinajstić information content (AvgIpc) is 2.82. The molecule has 2 aromatic rings. The van der Waals surface area contributed by atoms with Crippen LogP contribution in [0, 0.1) is 6.92 Å². The van der Waals surface area contributed by atoms with E-state index in [-0.39, 0.29) is 29.6 Å². The number of nitrogens with zero attached hydrogens (tertiary/aromatic N) is 3. The van der Waals surface area contributed by atoms with Crippen LogP contribution in [0.15, 0.2) is 47.4 Å². The Morgan fingerprint density at radius 1 is 1.00 bits per heavy atom. The number of amides is 1. The Morgan fingerprint density at radius 2 is 1.66 bits per heavy atom.